The number of pyridine rings is 1. The van der Waals surface area contributed by atoms with Gasteiger partial charge in [0.25, 0.3) is 0 Å². The maximum absolute atomic E-state index is 12.8. The Morgan fingerprint density at radius 2 is 2.23 bits per heavy atom. The first-order valence-electron chi connectivity index (χ1n) is 10.2. The van der Waals surface area contributed by atoms with E-state index in [1.54, 1.807) is 41.4 Å². The number of carbonyl (C=O) groups excluding carboxylic acids is 1. The van der Waals surface area contributed by atoms with Crippen LogP contribution in [-0.4, -0.2) is 63.8 Å². The molecule has 3 aliphatic heterocycles. The van der Waals surface area contributed by atoms with Gasteiger partial charge in [0.15, 0.2) is 5.82 Å². The van der Waals surface area contributed by atoms with Gasteiger partial charge in [-0.1, -0.05) is 18.7 Å². The molecule has 0 aliphatic carbocycles. The number of nitrogens with zero attached hydrogens (tertiary/aromatic N) is 5. The van der Waals surface area contributed by atoms with Gasteiger partial charge < -0.3 is 25.3 Å². The quantitative estimate of drug-likeness (QED) is 0.397. The van der Waals surface area contributed by atoms with Crippen molar-refractivity contribution in [3.8, 4) is 0 Å². The molecule has 9 heteroatoms. The number of fused-ring (bicyclic) bond motifs is 1. The van der Waals surface area contributed by atoms with Crippen LogP contribution < -0.4 is 15.5 Å². The minimum atomic E-state index is -0.595. The predicted molar refractivity (Wildman–Crippen MR) is 112 cm³/mol. The zero-order valence-corrected chi connectivity index (χ0v) is 17.1. The topological polar surface area (TPSA) is 110 Å². The van der Waals surface area contributed by atoms with Gasteiger partial charge in [0.2, 0.25) is 5.91 Å². The van der Waals surface area contributed by atoms with Crippen LogP contribution in [0.25, 0.3) is 0 Å². The summed E-state index contributed by atoms with van der Waals surface area (Å²) in [5.74, 6) is 0.732. The summed E-state index contributed by atoms with van der Waals surface area (Å²) in [5.41, 5.74) is 0.994. The predicted octanol–water partition coefficient (Wildman–Crippen LogP) is -0.246. The third-order valence-corrected chi connectivity index (χ3v) is 5.66. The van der Waals surface area contributed by atoms with Crippen LogP contribution in [0.15, 0.2) is 77.7 Å². The number of rotatable bonds is 5. The maximum atomic E-state index is 12.8. The Labute approximate surface area is 181 Å². The molecule has 1 atom stereocenters. The van der Waals surface area contributed by atoms with E-state index in [0.717, 1.165) is 25.9 Å². The molecule has 0 bridgehead atoms. The third kappa shape index (κ3) is 4.31. The van der Waals surface area contributed by atoms with Crippen molar-refractivity contribution in [1.82, 2.24) is 25.0 Å². The average Bonchev–Trinajstić information content (AvgIpc) is 3.27. The molecule has 0 radical (unpaired) electrons. The number of nitrogens with one attached hydrogen (secondary N) is 1. The molecule has 3 aliphatic rings. The summed E-state index contributed by atoms with van der Waals surface area (Å²) in [4.78, 5) is 26.0. The van der Waals surface area contributed by atoms with E-state index in [1.807, 2.05) is 0 Å². The highest BCUT2D eigenvalue weighted by atomic mass is 16.3. The van der Waals surface area contributed by atoms with E-state index < -0.39 is 6.02 Å². The van der Waals surface area contributed by atoms with Crippen molar-refractivity contribution in [3.05, 3.63) is 72.7 Å². The van der Waals surface area contributed by atoms with Gasteiger partial charge in [0.1, 0.15) is 5.82 Å². The van der Waals surface area contributed by atoms with Crippen molar-refractivity contribution >= 4 is 17.7 Å². The van der Waals surface area contributed by atoms with E-state index in [1.165, 1.54) is 11.1 Å². The number of aliphatic imine (C=N–C) groups is 1. The molecule has 1 unspecified atom stereocenters. The number of carbonyl (C=O) groups is 1. The average molecular weight is 420 g/mol. The smallest absolute Gasteiger partial charge is 0.240 e. The largest absolute Gasteiger partial charge is 0.876 e. The highest BCUT2D eigenvalue weighted by molar-refractivity contribution is 5.83. The van der Waals surface area contributed by atoms with E-state index >= 15 is 0 Å². The van der Waals surface area contributed by atoms with Crippen LogP contribution in [0.5, 0.6) is 0 Å². The summed E-state index contributed by atoms with van der Waals surface area (Å²) in [7, 11) is 0. The molecule has 162 valence electrons. The molecule has 1 aromatic heterocycles. The molecular weight excluding hydrogens is 396 g/mol. The number of amidine groups is 1. The van der Waals surface area contributed by atoms with Crippen LogP contribution in [0, 0.1) is 0 Å². The Balaban J connectivity index is 1.51. The standard InChI is InChI=1S/C22H26N6O3/c1-2-28(22(31)25-19-7-3-4-10-23-19)20-9-8-16(17(15-29)24-20)14-27-13-12-26-11-5-6-18(26)21(27)30/h2-4,7-10,15,18,24,29H,1,5-6,11-14H2,(H,23,25,31)/p-2. The lowest BCUT2D eigenvalue weighted by Crippen LogP contribution is -2.54. The first-order chi connectivity index (χ1) is 15.1. The molecule has 31 heavy (non-hydrogen) atoms. The van der Waals surface area contributed by atoms with Crippen molar-refractivity contribution < 1.29 is 15.0 Å². The lowest BCUT2D eigenvalue weighted by Gasteiger charge is -2.38. The number of aromatic nitrogens is 1. The molecule has 1 N–H and O–H groups in total. The van der Waals surface area contributed by atoms with Gasteiger partial charge in [-0.15, -0.1) is 6.26 Å². The van der Waals surface area contributed by atoms with Gasteiger partial charge >= 0.3 is 0 Å². The van der Waals surface area contributed by atoms with Gasteiger partial charge in [0.05, 0.1) is 12.1 Å². The fourth-order valence-electron chi connectivity index (χ4n) is 4.07. The van der Waals surface area contributed by atoms with Crippen molar-refractivity contribution in [1.29, 1.82) is 0 Å². The molecule has 1 aromatic rings. The van der Waals surface area contributed by atoms with E-state index in [-0.39, 0.29) is 17.8 Å². The molecule has 2 fully saturated rings. The van der Waals surface area contributed by atoms with Gasteiger partial charge in [-0.05, 0) is 43.2 Å². The second kappa shape index (κ2) is 9.05. The van der Waals surface area contributed by atoms with Crippen LogP contribution in [0.2, 0.25) is 0 Å². The fourth-order valence-corrected chi connectivity index (χ4v) is 4.07. The summed E-state index contributed by atoms with van der Waals surface area (Å²) >= 11 is 0. The number of hydrogen-bond donors (Lipinski definition) is 1. The molecule has 4 heterocycles. The molecule has 4 rings (SSSR count). The molecule has 9 nitrogen and oxygen atoms in total. The van der Waals surface area contributed by atoms with Crippen molar-refractivity contribution in [2.24, 2.45) is 4.99 Å². The van der Waals surface area contributed by atoms with Crippen molar-refractivity contribution in [2.45, 2.75) is 18.9 Å². The second-order valence-corrected chi connectivity index (χ2v) is 7.49. The number of dihydropyridines is 1. The van der Waals surface area contributed by atoms with E-state index in [0.29, 0.717) is 36.4 Å². The first-order valence-corrected chi connectivity index (χ1v) is 10.2. The molecular formula is C22H24N6O3-2. The summed E-state index contributed by atoms with van der Waals surface area (Å²) in [5, 5.41) is 27.3. The van der Waals surface area contributed by atoms with Gasteiger partial charge in [-0.2, -0.15) is 0 Å². The first kappa shape index (κ1) is 20.7. The zero-order valence-electron chi connectivity index (χ0n) is 17.1. The Morgan fingerprint density at radius 1 is 1.35 bits per heavy atom. The number of amides is 1. The van der Waals surface area contributed by atoms with Crippen molar-refractivity contribution in [3.63, 3.8) is 0 Å². The maximum Gasteiger partial charge on any atom is 0.240 e. The van der Waals surface area contributed by atoms with Crippen LogP contribution in [0.4, 0.5) is 5.82 Å². The van der Waals surface area contributed by atoms with Gasteiger partial charge in [0, 0.05) is 37.7 Å². The monoisotopic (exact) mass is 420 g/mol. The Morgan fingerprint density at radius 3 is 2.97 bits per heavy atom. The summed E-state index contributed by atoms with van der Waals surface area (Å²) in [6.07, 6.45) is 8.90. The van der Waals surface area contributed by atoms with Crippen LogP contribution in [0.3, 0.4) is 0 Å². The normalized spacial score (nSPS) is 23.2. The van der Waals surface area contributed by atoms with Crippen molar-refractivity contribution in [2.75, 3.05) is 26.2 Å². The Kier molecular flexibility index (Phi) is 6.03. The molecule has 0 aromatic carbocycles. The minimum Gasteiger partial charge on any atom is -0.876 e. The molecule has 0 spiro atoms. The number of piperazine rings is 1. The van der Waals surface area contributed by atoms with Crippen LogP contribution >= 0.6 is 0 Å². The lowest BCUT2D eigenvalue weighted by atomic mass is 10.1. The highest BCUT2D eigenvalue weighted by Crippen LogP contribution is 2.25. The third-order valence-electron chi connectivity index (χ3n) is 5.66. The molecule has 1 amide bonds. The van der Waals surface area contributed by atoms with E-state index in [4.69, 9.17) is 0 Å². The molecule has 0 saturated carbocycles. The van der Waals surface area contributed by atoms with E-state index in [2.05, 4.69) is 26.8 Å². The SMILES string of the molecule is C=CN(C1=CC=C(CN2CCN3CCCC3C2=O)C(=C[O-])N1)C([O-])=Nc1ccccn1. The summed E-state index contributed by atoms with van der Waals surface area (Å²) < 4.78 is 0. The molecule has 2 saturated heterocycles. The number of hydrogen-bond acceptors (Lipinski definition) is 7. The number of allylic oxidation sites excluding steroid dienone is 2. The summed E-state index contributed by atoms with van der Waals surface area (Å²) in [6.45, 7) is 6.47. The van der Waals surface area contributed by atoms with Crippen LogP contribution in [0.1, 0.15) is 12.8 Å². The lowest BCUT2D eigenvalue weighted by molar-refractivity contribution is -0.276. The highest BCUT2D eigenvalue weighted by Gasteiger charge is 2.37. The van der Waals surface area contributed by atoms with Gasteiger partial charge in [-0.3, -0.25) is 9.69 Å². The Hall–Kier alpha value is -3.59. The summed E-state index contributed by atoms with van der Waals surface area (Å²) in [6, 6.07) is 4.44. The van der Waals surface area contributed by atoms with Gasteiger partial charge in [-0.25, -0.2) is 9.98 Å². The van der Waals surface area contributed by atoms with E-state index in [9.17, 15) is 15.0 Å². The minimum absolute atomic E-state index is 0.0428. The zero-order chi connectivity index (χ0) is 21.8. The Bertz CT molecular complexity index is 969. The van der Waals surface area contributed by atoms with Crippen LogP contribution in [-0.2, 0) is 4.79 Å². The second-order valence-electron chi connectivity index (χ2n) is 7.49. The fraction of sp³-hybridized carbons (Fsp3) is 0.318.